The van der Waals surface area contributed by atoms with Gasteiger partial charge in [-0.25, -0.2) is 9.78 Å². The summed E-state index contributed by atoms with van der Waals surface area (Å²) in [6, 6.07) is 10.9. The normalized spacial score (nSPS) is 13.0. The van der Waals surface area contributed by atoms with Crippen LogP contribution in [0.25, 0.3) is 11.4 Å². The van der Waals surface area contributed by atoms with Crippen molar-refractivity contribution in [2.75, 3.05) is 13.4 Å². The van der Waals surface area contributed by atoms with E-state index in [1.54, 1.807) is 37.4 Å². The Bertz CT molecular complexity index is 1120. The second-order valence-electron chi connectivity index (χ2n) is 6.68. The lowest BCUT2D eigenvalue weighted by Gasteiger charge is -2.09. The van der Waals surface area contributed by atoms with Crippen LogP contribution in [0.15, 0.2) is 39.9 Å². The van der Waals surface area contributed by atoms with Gasteiger partial charge in [0.05, 0.1) is 18.2 Å². The van der Waals surface area contributed by atoms with Crippen LogP contribution in [0.5, 0.6) is 5.75 Å². The minimum atomic E-state index is -0.615. The van der Waals surface area contributed by atoms with E-state index in [9.17, 15) is 10.1 Å². The summed E-state index contributed by atoms with van der Waals surface area (Å²) in [6.45, 7) is -0.192. The van der Waals surface area contributed by atoms with Gasteiger partial charge in [0.2, 0.25) is 5.82 Å². The molecule has 1 saturated carbocycles. The van der Waals surface area contributed by atoms with Crippen LogP contribution in [-0.4, -0.2) is 34.5 Å². The Labute approximate surface area is 177 Å². The largest absolute Gasteiger partial charge is 0.497 e. The number of benzene rings is 1. The first-order valence-corrected chi connectivity index (χ1v) is 10.5. The molecule has 0 aliphatic heterocycles. The number of nitriles is 1. The van der Waals surface area contributed by atoms with E-state index in [4.69, 9.17) is 14.0 Å². The quantitative estimate of drug-likeness (QED) is 0.412. The summed E-state index contributed by atoms with van der Waals surface area (Å²) in [7, 11) is 1.59. The van der Waals surface area contributed by atoms with Crippen LogP contribution in [0.3, 0.4) is 0 Å². The third kappa shape index (κ3) is 4.14. The van der Waals surface area contributed by atoms with E-state index in [0.717, 1.165) is 29.8 Å². The van der Waals surface area contributed by atoms with Crippen LogP contribution in [0.2, 0.25) is 0 Å². The third-order valence-corrected chi connectivity index (χ3v) is 5.35. The van der Waals surface area contributed by atoms with Crippen molar-refractivity contribution >= 4 is 17.7 Å². The molecule has 0 saturated heterocycles. The van der Waals surface area contributed by atoms with Gasteiger partial charge >= 0.3 is 5.97 Å². The number of carbonyl (C=O) groups excluding carboxylic acids is 1. The Morgan fingerprint density at radius 1 is 1.30 bits per heavy atom. The molecular formula is C21H18N4O4S. The highest BCUT2D eigenvalue weighted by Crippen LogP contribution is 2.40. The fourth-order valence-electron chi connectivity index (χ4n) is 2.92. The molecule has 30 heavy (non-hydrogen) atoms. The highest BCUT2D eigenvalue weighted by molar-refractivity contribution is 7.98. The molecule has 0 atom stereocenters. The molecular weight excluding hydrogens is 404 g/mol. The summed E-state index contributed by atoms with van der Waals surface area (Å²) in [6.07, 6.45) is 3.91. The first-order valence-electron chi connectivity index (χ1n) is 9.26. The number of methoxy groups -OCH3 is 1. The topological polar surface area (TPSA) is 111 Å². The summed E-state index contributed by atoms with van der Waals surface area (Å²) in [5.41, 5.74) is 2.01. The molecule has 0 spiro atoms. The highest BCUT2D eigenvalue weighted by atomic mass is 32.2. The van der Waals surface area contributed by atoms with Crippen LogP contribution >= 0.6 is 11.8 Å². The van der Waals surface area contributed by atoms with Crippen LogP contribution < -0.4 is 4.74 Å². The van der Waals surface area contributed by atoms with Crippen molar-refractivity contribution in [3.63, 3.8) is 0 Å². The highest BCUT2D eigenvalue weighted by Gasteiger charge is 2.29. The third-order valence-electron chi connectivity index (χ3n) is 4.67. The second-order valence-corrected chi connectivity index (χ2v) is 7.48. The molecule has 4 rings (SSSR count). The molecule has 0 bridgehead atoms. The zero-order chi connectivity index (χ0) is 21.1. The van der Waals surface area contributed by atoms with E-state index in [-0.39, 0.29) is 23.6 Å². The zero-order valence-electron chi connectivity index (χ0n) is 16.4. The summed E-state index contributed by atoms with van der Waals surface area (Å²) in [4.78, 5) is 21.5. The number of esters is 1. The zero-order valence-corrected chi connectivity index (χ0v) is 17.2. The van der Waals surface area contributed by atoms with E-state index in [2.05, 4.69) is 21.2 Å². The number of nitrogens with zero attached hydrogens (tertiary/aromatic N) is 4. The number of carbonyl (C=O) groups is 1. The van der Waals surface area contributed by atoms with Crippen LogP contribution in [0.4, 0.5) is 0 Å². The van der Waals surface area contributed by atoms with Crippen molar-refractivity contribution in [1.82, 2.24) is 15.1 Å². The first-order chi connectivity index (χ1) is 14.6. The van der Waals surface area contributed by atoms with Crippen LogP contribution in [0, 0.1) is 11.3 Å². The predicted molar refractivity (Wildman–Crippen MR) is 108 cm³/mol. The van der Waals surface area contributed by atoms with Gasteiger partial charge in [-0.3, -0.25) is 0 Å². The fraction of sp³-hybridized carbons (Fsp3) is 0.286. The monoisotopic (exact) mass is 422 g/mol. The summed E-state index contributed by atoms with van der Waals surface area (Å²) >= 11 is 1.34. The Morgan fingerprint density at radius 3 is 2.70 bits per heavy atom. The van der Waals surface area contributed by atoms with Gasteiger partial charge in [0.15, 0.2) is 6.61 Å². The summed E-state index contributed by atoms with van der Waals surface area (Å²) in [5, 5.41) is 14.0. The lowest BCUT2D eigenvalue weighted by Crippen LogP contribution is -2.10. The minimum absolute atomic E-state index is 0.161. The number of aromatic nitrogens is 3. The lowest BCUT2D eigenvalue weighted by molar-refractivity contribution is 0.0428. The minimum Gasteiger partial charge on any atom is -0.497 e. The van der Waals surface area contributed by atoms with Gasteiger partial charge in [-0.05, 0) is 49.4 Å². The van der Waals surface area contributed by atoms with Gasteiger partial charge < -0.3 is 14.0 Å². The summed E-state index contributed by atoms with van der Waals surface area (Å²) < 4.78 is 15.7. The van der Waals surface area contributed by atoms with Crippen molar-refractivity contribution in [2.24, 2.45) is 0 Å². The molecule has 1 aliphatic carbocycles. The van der Waals surface area contributed by atoms with Gasteiger partial charge in [0.25, 0.3) is 5.89 Å². The van der Waals surface area contributed by atoms with E-state index >= 15 is 0 Å². The fourth-order valence-corrected chi connectivity index (χ4v) is 3.48. The molecule has 9 heteroatoms. The van der Waals surface area contributed by atoms with Gasteiger partial charge in [0.1, 0.15) is 16.8 Å². The molecule has 2 aromatic heterocycles. The molecule has 8 nitrogen and oxygen atoms in total. The van der Waals surface area contributed by atoms with E-state index in [0.29, 0.717) is 16.8 Å². The van der Waals surface area contributed by atoms with Crippen molar-refractivity contribution in [2.45, 2.75) is 30.4 Å². The van der Waals surface area contributed by atoms with E-state index < -0.39 is 5.97 Å². The SMILES string of the molecule is COc1ccc(-c2noc(COC(=O)c3cc(C4CC4)nc(SC)c3C#N)n2)cc1. The van der Waals surface area contributed by atoms with Gasteiger partial charge in [-0.2, -0.15) is 10.2 Å². The van der Waals surface area contributed by atoms with Gasteiger partial charge in [-0.1, -0.05) is 5.16 Å². The maximum Gasteiger partial charge on any atom is 0.340 e. The van der Waals surface area contributed by atoms with Gasteiger partial charge in [0, 0.05) is 17.2 Å². The molecule has 3 aromatic rings. The number of thioether (sulfide) groups is 1. The average Bonchev–Trinajstić information content (AvgIpc) is 3.54. The Balaban J connectivity index is 1.49. The van der Waals surface area contributed by atoms with E-state index in [1.807, 2.05) is 6.26 Å². The number of hydrogen-bond donors (Lipinski definition) is 0. The maximum atomic E-state index is 12.7. The Morgan fingerprint density at radius 2 is 2.07 bits per heavy atom. The van der Waals surface area contributed by atoms with Crippen molar-refractivity contribution < 1.29 is 18.8 Å². The smallest absolute Gasteiger partial charge is 0.340 e. The second kappa shape index (κ2) is 8.55. The lowest BCUT2D eigenvalue weighted by atomic mass is 10.1. The molecule has 0 N–H and O–H groups in total. The molecule has 1 aliphatic rings. The van der Waals surface area contributed by atoms with Crippen molar-refractivity contribution in [3.05, 3.63) is 53.0 Å². The summed E-state index contributed by atoms with van der Waals surface area (Å²) in [5.74, 6) is 0.992. The molecule has 1 fully saturated rings. The number of pyridine rings is 1. The number of rotatable bonds is 7. The van der Waals surface area contributed by atoms with Crippen molar-refractivity contribution in [1.29, 1.82) is 5.26 Å². The average molecular weight is 422 g/mol. The van der Waals surface area contributed by atoms with Crippen LogP contribution in [-0.2, 0) is 11.3 Å². The standard InChI is InChI=1S/C21H18N4O4S/c1-27-14-7-5-13(6-8-14)19-24-18(29-25-19)11-28-21(26)15-9-17(12-3-4-12)23-20(30-2)16(15)10-22/h5-9,12H,3-4,11H2,1-2H3. The molecule has 152 valence electrons. The van der Waals surface area contributed by atoms with E-state index in [1.165, 1.54) is 11.8 Å². The molecule has 2 heterocycles. The van der Waals surface area contributed by atoms with Crippen LogP contribution in [0.1, 0.15) is 46.3 Å². The number of hydrogen-bond acceptors (Lipinski definition) is 9. The molecule has 0 amide bonds. The molecule has 0 radical (unpaired) electrons. The molecule has 0 unspecified atom stereocenters. The Kier molecular flexibility index (Phi) is 5.68. The predicted octanol–water partition coefficient (Wildman–Crippen LogP) is 3.97. The molecule has 1 aromatic carbocycles. The van der Waals surface area contributed by atoms with Gasteiger partial charge in [-0.15, -0.1) is 11.8 Å². The first kappa shape index (κ1) is 19.9. The Hall–Kier alpha value is -3.38. The maximum absolute atomic E-state index is 12.7. The van der Waals surface area contributed by atoms with Crippen molar-refractivity contribution in [3.8, 4) is 23.2 Å². The number of ether oxygens (including phenoxy) is 2.